The minimum atomic E-state index is -1.48. The van der Waals surface area contributed by atoms with E-state index >= 15 is 0 Å². The zero-order valence-electron chi connectivity index (χ0n) is 30.5. The van der Waals surface area contributed by atoms with Crippen molar-refractivity contribution >= 4 is 12.1 Å². The third-order valence-corrected chi connectivity index (χ3v) is 11.0. The number of cyclic esters (lactones) is 1. The first-order chi connectivity index (χ1) is 23.1. The number of nitrogens with zero attached hydrogens (tertiary/aromatic N) is 2. The van der Waals surface area contributed by atoms with E-state index in [1.807, 2.05) is 27.7 Å². The molecule has 4 aliphatic rings. The molecular weight excluding hydrogens is 628 g/mol. The van der Waals surface area contributed by atoms with Gasteiger partial charge in [0.25, 0.3) is 0 Å². The molecule has 1 amide bonds. The van der Waals surface area contributed by atoms with Gasteiger partial charge in [0.2, 0.25) is 0 Å². The van der Waals surface area contributed by atoms with Gasteiger partial charge in [-0.25, -0.2) is 4.79 Å². The minimum Gasteiger partial charge on any atom is -0.457 e. The number of hydrogen-bond donors (Lipinski definition) is 4. The van der Waals surface area contributed by atoms with Gasteiger partial charge in [-0.15, -0.1) is 0 Å². The quantitative estimate of drug-likeness (QED) is 0.113. The number of epoxide rings is 1. The SMILES string of the molecule is CCC(O)C(C)C1OC1CC(C)(O)/C=C/C=C(\C)C1OC(=O)CC(O)CCC(C)(O)C(OC(=O)N2CCCN(C3CCC3)CC2)/C=C/C1C. The van der Waals surface area contributed by atoms with E-state index in [2.05, 4.69) is 4.90 Å². The number of amides is 1. The van der Waals surface area contributed by atoms with E-state index in [1.54, 1.807) is 49.1 Å². The highest BCUT2D eigenvalue weighted by atomic mass is 16.6. The Morgan fingerprint density at radius 2 is 1.92 bits per heavy atom. The maximum Gasteiger partial charge on any atom is 0.410 e. The molecule has 0 aromatic heterocycles. The predicted octanol–water partition coefficient (Wildman–Crippen LogP) is 4.27. The summed E-state index contributed by atoms with van der Waals surface area (Å²) in [5, 5.41) is 43.4. The molecule has 0 aromatic carbocycles. The third kappa shape index (κ3) is 11.4. The molecule has 4 N–H and O–H groups in total. The van der Waals surface area contributed by atoms with Crippen LogP contribution in [0.25, 0.3) is 0 Å². The Bertz CT molecular complexity index is 1200. The van der Waals surface area contributed by atoms with Gasteiger partial charge in [-0.05, 0) is 70.9 Å². The van der Waals surface area contributed by atoms with Gasteiger partial charge in [-0.1, -0.05) is 51.5 Å². The molecule has 278 valence electrons. The molecule has 3 fully saturated rings. The topological polar surface area (TPSA) is 153 Å². The van der Waals surface area contributed by atoms with Crippen LogP contribution in [0.5, 0.6) is 0 Å². The van der Waals surface area contributed by atoms with Crippen molar-refractivity contribution < 1.29 is 44.2 Å². The predicted molar refractivity (Wildman–Crippen MR) is 187 cm³/mol. The van der Waals surface area contributed by atoms with Gasteiger partial charge in [0.1, 0.15) is 11.7 Å². The van der Waals surface area contributed by atoms with Crippen molar-refractivity contribution in [2.45, 2.75) is 153 Å². The maximum atomic E-state index is 13.4. The number of hydrogen-bond acceptors (Lipinski definition) is 10. The van der Waals surface area contributed by atoms with Crippen molar-refractivity contribution in [3.8, 4) is 0 Å². The van der Waals surface area contributed by atoms with Gasteiger partial charge >= 0.3 is 12.1 Å². The lowest BCUT2D eigenvalue weighted by molar-refractivity contribution is -0.151. The van der Waals surface area contributed by atoms with E-state index < -0.39 is 47.7 Å². The largest absolute Gasteiger partial charge is 0.457 e. The fourth-order valence-corrected chi connectivity index (χ4v) is 7.22. The smallest absolute Gasteiger partial charge is 0.410 e. The van der Waals surface area contributed by atoms with Crippen molar-refractivity contribution in [2.24, 2.45) is 11.8 Å². The second-order valence-electron chi connectivity index (χ2n) is 15.5. The van der Waals surface area contributed by atoms with Crippen LogP contribution in [0.2, 0.25) is 0 Å². The van der Waals surface area contributed by atoms with Gasteiger partial charge in [-0.3, -0.25) is 9.69 Å². The Morgan fingerprint density at radius 3 is 2.59 bits per heavy atom. The maximum absolute atomic E-state index is 13.4. The number of ether oxygens (including phenoxy) is 3. The van der Waals surface area contributed by atoms with Gasteiger partial charge < -0.3 is 39.5 Å². The standard InChI is InChI=1S/C38H62N2O9/c1-7-30(42)27(4)35-31(47-35)24-37(5,45)17-9-11-25(2)34-26(3)14-15-32(38(6,46)18-16-29(41)23-33(43)49-34)48-36(44)40-20-10-19-39(21-22-40)28-12-8-13-28/h9,11,14-15,17,26-32,34-35,41-42,45-46H,7-8,10,12-13,16,18-24H2,1-6H3/b15-14+,17-9+,25-11+. The molecular formula is C38H62N2O9. The van der Waals surface area contributed by atoms with Gasteiger partial charge in [-0.2, -0.15) is 0 Å². The normalized spacial score (nSPS) is 35.9. The molecule has 0 aromatic rings. The summed E-state index contributed by atoms with van der Waals surface area (Å²) in [5.41, 5.74) is -1.92. The zero-order chi connectivity index (χ0) is 35.9. The van der Waals surface area contributed by atoms with E-state index in [1.165, 1.54) is 19.3 Å². The molecule has 10 atom stereocenters. The number of carbonyl (C=O) groups excluding carboxylic acids is 2. The minimum absolute atomic E-state index is 0.00975. The highest BCUT2D eigenvalue weighted by Gasteiger charge is 2.47. The number of allylic oxidation sites excluding steroid dienone is 2. The van der Waals surface area contributed by atoms with Crippen molar-refractivity contribution in [1.82, 2.24) is 9.80 Å². The van der Waals surface area contributed by atoms with E-state index in [9.17, 15) is 30.0 Å². The summed E-state index contributed by atoms with van der Waals surface area (Å²) in [6.07, 6.45) is 10.4. The number of aliphatic hydroxyl groups is 4. The first-order valence-electron chi connectivity index (χ1n) is 18.5. The molecule has 11 heteroatoms. The molecule has 3 heterocycles. The first kappa shape index (κ1) is 39.5. The third-order valence-electron chi connectivity index (χ3n) is 11.0. The van der Waals surface area contributed by atoms with Gasteiger partial charge in [0.15, 0.2) is 6.10 Å². The molecule has 11 nitrogen and oxygen atoms in total. The monoisotopic (exact) mass is 690 g/mol. The highest BCUT2D eigenvalue weighted by molar-refractivity contribution is 5.70. The van der Waals surface area contributed by atoms with Gasteiger partial charge in [0, 0.05) is 50.5 Å². The van der Waals surface area contributed by atoms with Crippen molar-refractivity contribution in [3.63, 3.8) is 0 Å². The Kier molecular flexibility index (Phi) is 13.9. The van der Waals surface area contributed by atoms with Crippen LogP contribution in [-0.4, -0.2) is 122 Å². The molecule has 1 aliphatic carbocycles. The fraction of sp³-hybridized carbons (Fsp3) is 0.789. The number of carbonyl (C=O) groups is 2. The van der Waals surface area contributed by atoms with E-state index in [0.29, 0.717) is 37.5 Å². The molecule has 4 rings (SSSR count). The van der Waals surface area contributed by atoms with Crippen LogP contribution in [-0.2, 0) is 19.0 Å². The first-order valence-corrected chi connectivity index (χ1v) is 18.5. The summed E-state index contributed by atoms with van der Waals surface area (Å²) in [6.45, 7) is 13.8. The summed E-state index contributed by atoms with van der Waals surface area (Å²) in [6, 6.07) is 0.613. The second kappa shape index (κ2) is 17.3. The van der Waals surface area contributed by atoms with Crippen LogP contribution in [0.1, 0.15) is 99.3 Å². The summed E-state index contributed by atoms with van der Waals surface area (Å²) in [5.74, 6) is -0.935. The molecule has 49 heavy (non-hydrogen) atoms. The Morgan fingerprint density at radius 1 is 1.18 bits per heavy atom. The average Bonchev–Trinajstić information content (AvgIpc) is 3.81. The summed E-state index contributed by atoms with van der Waals surface area (Å²) in [4.78, 5) is 30.5. The summed E-state index contributed by atoms with van der Waals surface area (Å²) < 4.78 is 17.6. The number of esters is 1. The Hall–Kier alpha value is -2.28. The highest BCUT2D eigenvalue weighted by Crippen LogP contribution is 2.37. The van der Waals surface area contributed by atoms with Crippen molar-refractivity contribution in [1.29, 1.82) is 0 Å². The Labute approximate surface area is 293 Å². The molecule has 0 spiro atoms. The average molecular weight is 691 g/mol. The van der Waals surface area contributed by atoms with Crippen LogP contribution in [0.15, 0.2) is 36.0 Å². The van der Waals surface area contributed by atoms with Crippen LogP contribution in [0, 0.1) is 11.8 Å². The van der Waals surface area contributed by atoms with Crippen molar-refractivity contribution in [2.75, 3.05) is 26.2 Å². The van der Waals surface area contributed by atoms with Crippen molar-refractivity contribution in [3.05, 3.63) is 36.0 Å². The van der Waals surface area contributed by atoms with Crippen LogP contribution < -0.4 is 0 Å². The van der Waals surface area contributed by atoms with Crippen LogP contribution in [0.3, 0.4) is 0 Å². The molecule has 3 aliphatic heterocycles. The van der Waals surface area contributed by atoms with Crippen LogP contribution in [0.4, 0.5) is 4.79 Å². The van der Waals surface area contributed by atoms with Crippen LogP contribution >= 0.6 is 0 Å². The molecule has 0 bridgehead atoms. The van der Waals surface area contributed by atoms with E-state index in [4.69, 9.17) is 14.2 Å². The molecule has 10 unspecified atom stereocenters. The lowest BCUT2D eigenvalue weighted by Gasteiger charge is -2.37. The van der Waals surface area contributed by atoms with E-state index in [0.717, 1.165) is 19.5 Å². The van der Waals surface area contributed by atoms with Gasteiger partial charge in [0.05, 0.1) is 36.4 Å². The molecule has 0 radical (unpaired) electrons. The summed E-state index contributed by atoms with van der Waals surface area (Å²) in [7, 11) is 0. The Balaban J connectivity index is 1.44. The molecule has 2 saturated heterocycles. The second-order valence-corrected chi connectivity index (χ2v) is 15.5. The fourth-order valence-electron chi connectivity index (χ4n) is 7.22. The number of aliphatic hydroxyl groups excluding tert-OH is 2. The lowest BCUT2D eigenvalue weighted by Crippen LogP contribution is -2.46. The summed E-state index contributed by atoms with van der Waals surface area (Å²) >= 11 is 0. The molecule has 1 saturated carbocycles. The zero-order valence-corrected chi connectivity index (χ0v) is 30.5. The lowest BCUT2D eigenvalue weighted by atomic mass is 9.88. The number of rotatable bonds is 10. The van der Waals surface area contributed by atoms with E-state index in [-0.39, 0.29) is 43.3 Å².